The molecule has 4 aliphatic carbocycles. The van der Waals surface area contributed by atoms with E-state index in [0.29, 0.717) is 5.41 Å². The number of nitrogens with zero attached hydrogens (tertiary/aromatic N) is 1. The van der Waals surface area contributed by atoms with E-state index in [1.807, 2.05) is 0 Å². The smallest absolute Gasteiger partial charge is 0.306 e. The van der Waals surface area contributed by atoms with Crippen LogP contribution in [0.3, 0.4) is 0 Å². The minimum atomic E-state index is -0.587. The lowest BCUT2D eigenvalue weighted by molar-refractivity contribution is -0.143. The highest BCUT2D eigenvalue weighted by molar-refractivity contribution is 5.70. The second-order valence-corrected chi connectivity index (χ2v) is 8.62. The fraction of sp³-hybridized carbons (Fsp3) is 0.944. The number of hydrogen-bond acceptors (Lipinski definition) is 2. The van der Waals surface area contributed by atoms with Crippen LogP contribution in [-0.4, -0.2) is 35.6 Å². The van der Waals surface area contributed by atoms with Crippen LogP contribution < -0.4 is 0 Å². The molecule has 0 radical (unpaired) electrons. The van der Waals surface area contributed by atoms with Gasteiger partial charge in [-0.15, -0.1) is 0 Å². The fourth-order valence-electron chi connectivity index (χ4n) is 6.39. The molecular weight excluding hydrogens is 262 g/mol. The monoisotopic (exact) mass is 291 g/mol. The quantitative estimate of drug-likeness (QED) is 0.863. The second-order valence-electron chi connectivity index (χ2n) is 8.62. The molecule has 4 saturated carbocycles. The first-order valence-electron chi connectivity index (χ1n) is 9.07. The van der Waals surface area contributed by atoms with E-state index in [-0.39, 0.29) is 5.92 Å². The molecule has 3 nitrogen and oxygen atoms in total. The summed E-state index contributed by atoms with van der Waals surface area (Å²) >= 11 is 0. The molecule has 0 aromatic rings. The van der Waals surface area contributed by atoms with Gasteiger partial charge in [-0.25, -0.2) is 0 Å². The third-order valence-corrected chi connectivity index (χ3v) is 7.06. The third kappa shape index (κ3) is 2.74. The third-order valence-electron chi connectivity index (χ3n) is 7.06. The Morgan fingerprint density at radius 3 is 2.00 bits per heavy atom. The van der Waals surface area contributed by atoms with Gasteiger partial charge in [0.1, 0.15) is 0 Å². The number of rotatable bonds is 4. The molecular formula is C18H29NO2. The highest BCUT2D eigenvalue weighted by atomic mass is 16.4. The van der Waals surface area contributed by atoms with Crippen molar-refractivity contribution in [3.8, 4) is 0 Å². The van der Waals surface area contributed by atoms with Gasteiger partial charge in [0.2, 0.25) is 0 Å². The summed E-state index contributed by atoms with van der Waals surface area (Å²) in [6.07, 6.45) is 12.2. The van der Waals surface area contributed by atoms with Crippen molar-refractivity contribution in [2.24, 2.45) is 29.1 Å². The molecule has 0 amide bonds. The number of carbonyl (C=O) groups is 1. The van der Waals surface area contributed by atoms with Crippen molar-refractivity contribution in [3.05, 3.63) is 0 Å². The average Bonchev–Trinajstić information content (AvgIpc) is 2.44. The van der Waals surface area contributed by atoms with E-state index >= 15 is 0 Å². The van der Waals surface area contributed by atoms with E-state index in [2.05, 4.69) is 4.90 Å². The van der Waals surface area contributed by atoms with Crippen LogP contribution in [0.4, 0.5) is 0 Å². The molecule has 5 rings (SSSR count). The Kier molecular flexibility index (Phi) is 3.52. The normalized spacial score (nSPS) is 43.3. The summed E-state index contributed by atoms with van der Waals surface area (Å²) < 4.78 is 0. The van der Waals surface area contributed by atoms with Crippen molar-refractivity contribution in [1.29, 1.82) is 0 Å². The molecule has 0 spiro atoms. The van der Waals surface area contributed by atoms with Gasteiger partial charge < -0.3 is 10.0 Å². The molecule has 21 heavy (non-hydrogen) atoms. The van der Waals surface area contributed by atoms with Crippen molar-refractivity contribution in [2.75, 3.05) is 19.6 Å². The van der Waals surface area contributed by atoms with Gasteiger partial charge in [-0.3, -0.25) is 4.79 Å². The molecule has 1 N–H and O–H groups in total. The van der Waals surface area contributed by atoms with Crippen LogP contribution in [0.2, 0.25) is 0 Å². The summed E-state index contributed by atoms with van der Waals surface area (Å²) in [5, 5.41) is 9.09. The summed E-state index contributed by atoms with van der Waals surface area (Å²) in [6, 6.07) is 0. The first-order chi connectivity index (χ1) is 10.1. The number of carboxylic acids is 1. The molecule has 0 aromatic heterocycles. The number of aliphatic carboxylic acids is 1. The average molecular weight is 291 g/mol. The van der Waals surface area contributed by atoms with Crippen molar-refractivity contribution in [1.82, 2.24) is 4.90 Å². The zero-order chi connectivity index (χ0) is 14.4. The Morgan fingerprint density at radius 1 is 1.00 bits per heavy atom. The van der Waals surface area contributed by atoms with Crippen molar-refractivity contribution in [2.45, 2.75) is 57.8 Å². The summed E-state index contributed by atoms with van der Waals surface area (Å²) in [5.74, 6) is 2.48. The maximum Gasteiger partial charge on any atom is 0.306 e. The lowest BCUT2D eigenvalue weighted by Crippen LogP contribution is -2.47. The molecule has 0 aromatic carbocycles. The Hall–Kier alpha value is -0.570. The molecule has 118 valence electrons. The first kappa shape index (κ1) is 14.0. The Balaban J connectivity index is 1.30. The minimum absolute atomic E-state index is 0.0826. The molecule has 0 atom stereocenters. The van der Waals surface area contributed by atoms with Gasteiger partial charge in [0.05, 0.1) is 5.92 Å². The second kappa shape index (κ2) is 5.26. The van der Waals surface area contributed by atoms with E-state index in [1.54, 1.807) is 0 Å². The van der Waals surface area contributed by atoms with E-state index in [9.17, 15) is 4.79 Å². The number of hydrogen-bond donors (Lipinski definition) is 1. The van der Waals surface area contributed by atoms with Crippen LogP contribution in [0, 0.1) is 29.1 Å². The summed E-state index contributed by atoms with van der Waals surface area (Å²) in [5.41, 5.74) is 0.679. The summed E-state index contributed by atoms with van der Waals surface area (Å²) in [6.45, 7) is 3.23. The van der Waals surface area contributed by atoms with Crippen molar-refractivity contribution in [3.63, 3.8) is 0 Å². The Bertz CT molecular complexity index is 376. The molecule has 0 unspecified atom stereocenters. The van der Waals surface area contributed by atoms with Gasteiger partial charge in [-0.2, -0.15) is 0 Å². The van der Waals surface area contributed by atoms with Gasteiger partial charge in [0, 0.05) is 0 Å². The van der Waals surface area contributed by atoms with Crippen LogP contribution in [0.1, 0.15) is 57.8 Å². The van der Waals surface area contributed by atoms with Crippen LogP contribution >= 0.6 is 0 Å². The molecule has 1 saturated heterocycles. The predicted molar refractivity (Wildman–Crippen MR) is 82.0 cm³/mol. The van der Waals surface area contributed by atoms with Crippen LogP contribution in [0.5, 0.6) is 0 Å². The maximum absolute atomic E-state index is 11.0. The molecule has 5 fully saturated rings. The van der Waals surface area contributed by atoms with Crippen LogP contribution in [0.15, 0.2) is 0 Å². The van der Waals surface area contributed by atoms with Gasteiger partial charge in [-0.05, 0) is 101 Å². The highest BCUT2D eigenvalue weighted by Gasteiger charge is 2.50. The molecule has 1 aliphatic heterocycles. The zero-order valence-corrected chi connectivity index (χ0v) is 13.1. The van der Waals surface area contributed by atoms with Gasteiger partial charge in [0.25, 0.3) is 0 Å². The van der Waals surface area contributed by atoms with Crippen LogP contribution in [-0.2, 0) is 4.79 Å². The van der Waals surface area contributed by atoms with E-state index in [1.165, 1.54) is 51.5 Å². The SMILES string of the molecule is O=C(O)C1CCN(CCC23CC4CC(CC(C4)C2)C3)CC1. The van der Waals surface area contributed by atoms with E-state index in [4.69, 9.17) is 5.11 Å². The Labute approximate surface area is 128 Å². The predicted octanol–water partition coefficient (Wildman–Crippen LogP) is 3.39. The fourth-order valence-corrected chi connectivity index (χ4v) is 6.39. The zero-order valence-electron chi connectivity index (χ0n) is 13.1. The molecule has 1 heterocycles. The largest absolute Gasteiger partial charge is 0.481 e. The summed E-state index contributed by atoms with van der Waals surface area (Å²) in [7, 11) is 0. The number of piperidine rings is 1. The lowest BCUT2D eigenvalue weighted by Gasteiger charge is -2.57. The van der Waals surface area contributed by atoms with Crippen LogP contribution in [0.25, 0.3) is 0 Å². The van der Waals surface area contributed by atoms with Crippen molar-refractivity contribution >= 4 is 5.97 Å². The van der Waals surface area contributed by atoms with E-state index in [0.717, 1.165) is 43.7 Å². The molecule has 4 bridgehead atoms. The number of carboxylic acid groups (broad SMARTS) is 1. The van der Waals surface area contributed by atoms with Gasteiger partial charge in [0.15, 0.2) is 0 Å². The lowest BCUT2D eigenvalue weighted by atomic mass is 9.49. The number of likely N-dealkylation sites (tertiary alicyclic amines) is 1. The van der Waals surface area contributed by atoms with Gasteiger partial charge in [-0.1, -0.05) is 0 Å². The topological polar surface area (TPSA) is 40.5 Å². The summed E-state index contributed by atoms with van der Waals surface area (Å²) in [4.78, 5) is 13.6. The first-order valence-corrected chi connectivity index (χ1v) is 9.07. The van der Waals surface area contributed by atoms with Crippen molar-refractivity contribution < 1.29 is 9.90 Å². The highest BCUT2D eigenvalue weighted by Crippen LogP contribution is 2.61. The van der Waals surface area contributed by atoms with Gasteiger partial charge >= 0.3 is 5.97 Å². The minimum Gasteiger partial charge on any atom is -0.481 e. The molecule has 3 heteroatoms. The maximum atomic E-state index is 11.0. The Morgan fingerprint density at radius 2 is 1.52 bits per heavy atom. The van der Waals surface area contributed by atoms with E-state index < -0.39 is 5.97 Å². The standard InChI is InChI=1S/C18H29NO2/c20-17(21)16-1-4-19(5-2-16)6-3-18-10-13-7-14(11-18)9-15(8-13)12-18/h13-16H,1-12H2,(H,20,21). The molecule has 5 aliphatic rings.